The average molecular weight is 530 g/mol. The molecule has 1 aliphatic heterocycles. The van der Waals surface area contributed by atoms with Gasteiger partial charge in [0.1, 0.15) is 23.1 Å². The summed E-state index contributed by atoms with van der Waals surface area (Å²) < 4.78 is 58.6. The van der Waals surface area contributed by atoms with Crippen LogP contribution in [0.1, 0.15) is 10.4 Å². The number of sulfonamides is 1. The van der Waals surface area contributed by atoms with E-state index in [0.717, 1.165) is 17.8 Å². The smallest absolute Gasteiger partial charge is 0.258 e. The van der Waals surface area contributed by atoms with E-state index in [1.165, 1.54) is 30.7 Å². The predicted octanol–water partition coefficient (Wildman–Crippen LogP) is 3.61. The number of carbonyl (C=O) groups is 1. The first-order chi connectivity index (χ1) is 17.8. The first kappa shape index (κ1) is 26.2. The van der Waals surface area contributed by atoms with Crippen LogP contribution < -0.4 is 24.4 Å². The van der Waals surface area contributed by atoms with E-state index in [1.807, 2.05) is 24.3 Å². The molecule has 0 atom stereocenters. The predicted molar refractivity (Wildman–Crippen MR) is 138 cm³/mol. The molecule has 0 spiro atoms. The average Bonchev–Trinajstić information content (AvgIpc) is 2.93. The monoisotopic (exact) mass is 529 g/mol. The first-order valence-electron chi connectivity index (χ1n) is 11.5. The summed E-state index contributed by atoms with van der Waals surface area (Å²) in [5.74, 6) is -0.159. The molecule has 0 radical (unpaired) electrons. The first-order valence-corrected chi connectivity index (χ1v) is 12.9. The van der Waals surface area contributed by atoms with Crippen LogP contribution in [0.4, 0.5) is 15.8 Å². The standard InChI is InChI=1S/C26H28FN3O6S/c1-34-18-8-11-24(35-2)22(16-18)28-26(31)20-17-19(9-10-21(20)27)37(32,33)30-14-12-29(13-15-30)23-6-4-5-7-25(23)36-3/h4-11,16-17H,12-15H2,1-3H3,(H,28,31). The van der Waals surface area contributed by atoms with Crippen molar-refractivity contribution < 1.29 is 31.8 Å². The zero-order chi connectivity index (χ0) is 26.6. The lowest BCUT2D eigenvalue weighted by atomic mass is 10.2. The van der Waals surface area contributed by atoms with E-state index in [1.54, 1.807) is 19.2 Å². The fraction of sp³-hybridized carbons (Fsp3) is 0.269. The molecule has 4 rings (SSSR count). The summed E-state index contributed by atoms with van der Waals surface area (Å²) in [6, 6.07) is 15.5. The molecule has 0 unspecified atom stereocenters. The number of hydrogen-bond acceptors (Lipinski definition) is 7. The van der Waals surface area contributed by atoms with Crippen molar-refractivity contribution in [1.82, 2.24) is 4.31 Å². The Morgan fingerprint density at radius 3 is 2.24 bits per heavy atom. The van der Waals surface area contributed by atoms with Crippen molar-refractivity contribution in [1.29, 1.82) is 0 Å². The maximum atomic E-state index is 14.6. The van der Waals surface area contributed by atoms with Gasteiger partial charge in [-0.3, -0.25) is 4.79 Å². The molecular weight excluding hydrogens is 501 g/mol. The summed E-state index contributed by atoms with van der Waals surface area (Å²) in [4.78, 5) is 14.8. The number of nitrogens with zero attached hydrogens (tertiary/aromatic N) is 2. The van der Waals surface area contributed by atoms with Crippen LogP contribution in [0, 0.1) is 5.82 Å². The minimum atomic E-state index is -3.97. The van der Waals surface area contributed by atoms with Gasteiger partial charge in [-0.2, -0.15) is 4.31 Å². The number of nitrogens with one attached hydrogen (secondary N) is 1. The fourth-order valence-electron chi connectivity index (χ4n) is 4.15. The number of hydrogen-bond donors (Lipinski definition) is 1. The lowest BCUT2D eigenvalue weighted by Crippen LogP contribution is -2.48. The lowest BCUT2D eigenvalue weighted by molar-refractivity contribution is 0.102. The Bertz CT molecular complexity index is 1390. The van der Waals surface area contributed by atoms with Gasteiger partial charge < -0.3 is 24.4 Å². The number of para-hydroxylation sites is 2. The van der Waals surface area contributed by atoms with Gasteiger partial charge in [0.25, 0.3) is 5.91 Å². The normalized spacial score (nSPS) is 14.2. The van der Waals surface area contributed by atoms with Gasteiger partial charge >= 0.3 is 0 Å². The summed E-state index contributed by atoms with van der Waals surface area (Å²) in [6.07, 6.45) is 0. The molecule has 9 nitrogen and oxygen atoms in total. The van der Waals surface area contributed by atoms with Crippen LogP contribution >= 0.6 is 0 Å². The summed E-state index contributed by atoms with van der Waals surface area (Å²) in [6.45, 7) is 1.34. The van der Waals surface area contributed by atoms with E-state index in [9.17, 15) is 17.6 Å². The highest BCUT2D eigenvalue weighted by Crippen LogP contribution is 2.31. The molecule has 1 aliphatic rings. The molecule has 3 aromatic rings. The number of methoxy groups -OCH3 is 3. The van der Waals surface area contributed by atoms with Gasteiger partial charge in [-0.05, 0) is 42.5 Å². The van der Waals surface area contributed by atoms with Crippen molar-refractivity contribution in [2.45, 2.75) is 4.90 Å². The third kappa shape index (κ3) is 5.47. The van der Waals surface area contributed by atoms with Gasteiger partial charge in [-0.25, -0.2) is 12.8 Å². The third-order valence-corrected chi connectivity index (χ3v) is 8.03. The molecule has 1 saturated heterocycles. The number of rotatable bonds is 8. The molecule has 37 heavy (non-hydrogen) atoms. The second-order valence-electron chi connectivity index (χ2n) is 8.22. The number of halogens is 1. The topological polar surface area (TPSA) is 97.4 Å². The fourth-order valence-corrected chi connectivity index (χ4v) is 5.60. The highest BCUT2D eigenvalue weighted by Gasteiger charge is 2.30. The van der Waals surface area contributed by atoms with E-state index < -0.39 is 27.3 Å². The van der Waals surface area contributed by atoms with Crippen molar-refractivity contribution in [3.05, 3.63) is 72.0 Å². The molecule has 3 aromatic carbocycles. The van der Waals surface area contributed by atoms with Gasteiger partial charge in [0, 0.05) is 32.2 Å². The van der Waals surface area contributed by atoms with Crippen LogP contribution in [0.3, 0.4) is 0 Å². The number of ether oxygens (including phenoxy) is 3. The second-order valence-corrected chi connectivity index (χ2v) is 10.2. The quantitative estimate of drug-likeness (QED) is 0.476. The Balaban J connectivity index is 1.53. The summed E-state index contributed by atoms with van der Waals surface area (Å²) >= 11 is 0. The van der Waals surface area contributed by atoms with Crippen LogP contribution in [0.15, 0.2) is 65.6 Å². The van der Waals surface area contributed by atoms with Crippen molar-refractivity contribution in [2.24, 2.45) is 0 Å². The summed E-state index contributed by atoms with van der Waals surface area (Å²) in [7, 11) is 0.520. The minimum absolute atomic E-state index is 0.164. The Morgan fingerprint density at radius 1 is 0.865 bits per heavy atom. The molecule has 0 bridgehead atoms. The second kappa shape index (κ2) is 11.1. The third-order valence-electron chi connectivity index (χ3n) is 6.14. The van der Waals surface area contributed by atoms with Crippen molar-refractivity contribution in [3.8, 4) is 17.2 Å². The summed E-state index contributed by atoms with van der Waals surface area (Å²) in [5.41, 5.74) is 0.737. The molecule has 1 fully saturated rings. The van der Waals surface area contributed by atoms with Crippen molar-refractivity contribution in [2.75, 3.05) is 57.7 Å². The van der Waals surface area contributed by atoms with E-state index in [0.29, 0.717) is 30.3 Å². The van der Waals surface area contributed by atoms with E-state index >= 15 is 0 Å². The van der Waals surface area contributed by atoms with Gasteiger partial charge in [0.05, 0.1) is 43.2 Å². The number of benzene rings is 3. The Kier molecular flexibility index (Phi) is 7.84. The summed E-state index contributed by atoms with van der Waals surface area (Å²) in [5, 5.41) is 2.58. The molecule has 0 aliphatic carbocycles. The highest BCUT2D eigenvalue weighted by atomic mass is 32.2. The SMILES string of the molecule is COc1ccc(OC)c(NC(=O)c2cc(S(=O)(=O)N3CCN(c4ccccc4OC)CC3)ccc2F)c1. The number of carbonyl (C=O) groups excluding carboxylic acids is 1. The maximum absolute atomic E-state index is 14.6. The number of amides is 1. The van der Waals surface area contributed by atoms with Crippen molar-refractivity contribution >= 4 is 27.3 Å². The molecule has 1 amide bonds. The van der Waals surface area contributed by atoms with Gasteiger partial charge in [-0.1, -0.05) is 12.1 Å². The molecule has 1 heterocycles. The highest BCUT2D eigenvalue weighted by molar-refractivity contribution is 7.89. The zero-order valence-electron chi connectivity index (χ0n) is 20.7. The largest absolute Gasteiger partial charge is 0.497 e. The van der Waals surface area contributed by atoms with Crippen LogP contribution in [-0.4, -0.2) is 66.1 Å². The molecule has 0 aromatic heterocycles. The van der Waals surface area contributed by atoms with Gasteiger partial charge in [-0.15, -0.1) is 0 Å². The molecule has 11 heteroatoms. The van der Waals surface area contributed by atoms with Crippen LogP contribution in [0.2, 0.25) is 0 Å². The maximum Gasteiger partial charge on any atom is 0.258 e. The number of piperazine rings is 1. The van der Waals surface area contributed by atoms with Crippen LogP contribution in [0.5, 0.6) is 17.2 Å². The van der Waals surface area contributed by atoms with Crippen molar-refractivity contribution in [3.63, 3.8) is 0 Å². The Morgan fingerprint density at radius 2 is 1.57 bits per heavy atom. The van der Waals surface area contributed by atoms with Crippen LogP contribution in [-0.2, 0) is 10.0 Å². The van der Waals surface area contributed by atoms with E-state index in [4.69, 9.17) is 14.2 Å². The Hall–Kier alpha value is -3.83. The lowest BCUT2D eigenvalue weighted by Gasteiger charge is -2.36. The molecule has 0 saturated carbocycles. The van der Waals surface area contributed by atoms with Gasteiger partial charge in [0.15, 0.2) is 0 Å². The van der Waals surface area contributed by atoms with E-state index in [2.05, 4.69) is 10.2 Å². The molecule has 196 valence electrons. The zero-order valence-corrected chi connectivity index (χ0v) is 21.5. The van der Waals surface area contributed by atoms with Crippen LogP contribution in [0.25, 0.3) is 0 Å². The Labute approximate surface area is 215 Å². The number of anilines is 2. The molecule has 1 N–H and O–H groups in total. The molecular formula is C26H28FN3O6S. The van der Waals surface area contributed by atoms with Gasteiger partial charge in [0.2, 0.25) is 10.0 Å². The minimum Gasteiger partial charge on any atom is -0.497 e. The van der Waals surface area contributed by atoms with E-state index in [-0.39, 0.29) is 23.7 Å².